The van der Waals surface area contributed by atoms with Crippen LogP contribution in [0.15, 0.2) is 61.3 Å². The van der Waals surface area contributed by atoms with Crippen LogP contribution in [0.5, 0.6) is 0 Å². The van der Waals surface area contributed by atoms with Crippen molar-refractivity contribution in [3.63, 3.8) is 0 Å². The van der Waals surface area contributed by atoms with Crippen molar-refractivity contribution in [2.45, 2.75) is 32.1 Å². The maximum absolute atomic E-state index is 14.4. The van der Waals surface area contributed by atoms with Crippen LogP contribution in [-0.2, 0) is 16.1 Å². The van der Waals surface area contributed by atoms with Gasteiger partial charge in [0.1, 0.15) is 23.9 Å². The molecule has 3 aromatic heterocycles. The van der Waals surface area contributed by atoms with E-state index in [9.17, 15) is 18.8 Å². The number of rotatable bonds is 6. The van der Waals surface area contributed by atoms with E-state index in [1.807, 2.05) is 30.3 Å². The molecular weight excluding hydrogens is 499 g/mol. The minimum atomic E-state index is -1.35. The standard InChI is InChI=1S/C26H22ClFN6O3/c1-15(35)20-13-33(21-5-4-16(7-19(20)21)17-3-2-6-29-9-17)14-25(36)34-12-18(28)8-22(34)26(37)32-24-11-30-10-23(27)31-24/h2-7,9-11,13,18,22H,8,12,14H2,1H3,(H,31,32,37)/t18-,22+/m1/s1. The smallest absolute Gasteiger partial charge is 0.248 e. The number of fused-ring (bicyclic) bond motifs is 1. The zero-order valence-corrected chi connectivity index (χ0v) is 20.5. The number of likely N-dealkylation sites (tertiary alicyclic amines) is 1. The number of amides is 2. The highest BCUT2D eigenvalue weighted by Gasteiger charge is 2.40. The van der Waals surface area contributed by atoms with Gasteiger partial charge < -0.3 is 14.8 Å². The molecule has 1 N–H and O–H groups in total. The van der Waals surface area contributed by atoms with E-state index in [-0.39, 0.29) is 36.3 Å². The number of carbonyl (C=O) groups excluding carboxylic acids is 3. The van der Waals surface area contributed by atoms with Crippen molar-refractivity contribution < 1.29 is 18.8 Å². The Morgan fingerprint density at radius 2 is 1.97 bits per heavy atom. The molecule has 0 unspecified atom stereocenters. The molecule has 1 aliphatic heterocycles. The fourth-order valence-electron chi connectivity index (χ4n) is 4.58. The zero-order valence-electron chi connectivity index (χ0n) is 19.8. The van der Waals surface area contributed by atoms with Gasteiger partial charge in [0.25, 0.3) is 0 Å². The van der Waals surface area contributed by atoms with Crippen molar-refractivity contribution in [1.29, 1.82) is 0 Å². The van der Waals surface area contributed by atoms with Gasteiger partial charge in [0.15, 0.2) is 11.6 Å². The van der Waals surface area contributed by atoms with Crippen LogP contribution in [0.4, 0.5) is 10.2 Å². The molecule has 37 heavy (non-hydrogen) atoms. The van der Waals surface area contributed by atoms with Crippen molar-refractivity contribution in [2.24, 2.45) is 0 Å². The summed E-state index contributed by atoms with van der Waals surface area (Å²) in [7, 11) is 0. The highest BCUT2D eigenvalue weighted by atomic mass is 35.5. The first-order valence-corrected chi connectivity index (χ1v) is 11.9. The Bertz CT molecular complexity index is 1510. The number of Topliss-reactive ketones (excluding diaryl/α,β-unsaturated/α-hetero) is 1. The van der Waals surface area contributed by atoms with Crippen LogP contribution in [0, 0.1) is 0 Å². The number of nitrogens with one attached hydrogen (secondary N) is 1. The Morgan fingerprint density at radius 1 is 1.14 bits per heavy atom. The summed E-state index contributed by atoms with van der Waals surface area (Å²) in [6.07, 6.45) is 6.19. The lowest BCUT2D eigenvalue weighted by molar-refractivity contribution is -0.137. The van der Waals surface area contributed by atoms with Crippen LogP contribution in [0.3, 0.4) is 0 Å². The third-order valence-corrected chi connectivity index (χ3v) is 6.47. The third kappa shape index (κ3) is 5.05. The number of pyridine rings is 1. The van der Waals surface area contributed by atoms with Gasteiger partial charge >= 0.3 is 0 Å². The van der Waals surface area contributed by atoms with E-state index in [2.05, 4.69) is 20.3 Å². The molecule has 0 bridgehead atoms. The van der Waals surface area contributed by atoms with Gasteiger partial charge in [-0.25, -0.2) is 9.37 Å². The highest BCUT2D eigenvalue weighted by Crippen LogP contribution is 2.29. The molecule has 5 rings (SSSR count). The number of ketones is 1. The van der Waals surface area contributed by atoms with E-state index >= 15 is 0 Å². The summed E-state index contributed by atoms with van der Waals surface area (Å²) in [5.41, 5.74) is 2.92. The number of benzene rings is 1. The van der Waals surface area contributed by atoms with Crippen LogP contribution < -0.4 is 5.32 Å². The lowest BCUT2D eigenvalue weighted by atomic mass is 10.0. The predicted octanol–water partition coefficient (Wildman–Crippen LogP) is 3.93. The van der Waals surface area contributed by atoms with Gasteiger partial charge in [-0.05, 0) is 30.7 Å². The normalized spacial score (nSPS) is 17.2. The number of anilines is 1. The predicted molar refractivity (Wildman–Crippen MR) is 136 cm³/mol. The molecule has 2 atom stereocenters. The Balaban J connectivity index is 1.41. The molecule has 1 aliphatic rings. The molecular formula is C26H22ClFN6O3. The maximum Gasteiger partial charge on any atom is 0.248 e. The van der Waals surface area contributed by atoms with Gasteiger partial charge in [0, 0.05) is 47.0 Å². The van der Waals surface area contributed by atoms with Crippen LogP contribution in [0.25, 0.3) is 22.0 Å². The first-order valence-electron chi connectivity index (χ1n) is 11.6. The molecule has 0 radical (unpaired) electrons. The molecule has 1 aromatic carbocycles. The highest BCUT2D eigenvalue weighted by molar-refractivity contribution is 6.29. The minimum absolute atomic E-state index is 0.0907. The van der Waals surface area contributed by atoms with Gasteiger partial charge in [-0.2, -0.15) is 0 Å². The van der Waals surface area contributed by atoms with Crippen molar-refractivity contribution in [3.8, 4) is 11.1 Å². The van der Waals surface area contributed by atoms with E-state index in [0.717, 1.165) is 11.1 Å². The Labute approximate surface area is 216 Å². The number of hydrogen-bond donors (Lipinski definition) is 1. The number of carbonyl (C=O) groups is 3. The van der Waals surface area contributed by atoms with Crippen molar-refractivity contribution in [1.82, 2.24) is 24.4 Å². The Hall–Kier alpha value is -4.18. The SMILES string of the molecule is CC(=O)c1cn(CC(=O)N2C[C@H](F)C[C@H]2C(=O)Nc2cncc(Cl)n2)c2ccc(-c3cccnc3)cc12. The maximum atomic E-state index is 14.4. The number of nitrogens with zero attached hydrogens (tertiary/aromatic N) is 5. The van der Waals surface area contributed by atoms with Crippen LogP contribution in [0.1, 0.15) is 23.7 Å². The summed E-state index contributed by atoms with van der Waals surface area (Å²) in [5, 5.41) is 3.34. The largest absolute Gasteiger partial charge is 0.337 e. The van der Waals surface area contributed by atoms with E-state index < -0.39 is 24.0 Å². The first-order chi connectivity index (χ1) is 17.8. The summed E-state index contributed by atoms with van der Waals surface area (Å²) in [6, 6.07) is 8.34. The van der Waals surface area contributed by atoms with Crippen molar-refractivity contribution >= 4 is 45.9 Å². The molecule has 4 heterocycles. The van der Waals surface area contributed by atoms with Gasteiger partial charge in [-0.15, -0.1) is 0 Å². The lowest BCUT2D eigenvalue weighted by Crippen LogP contribution is -2.44. The number of aromatic nitrogens is 4. The molecule has 9 nitrogen and oxygen atoms in total. The third-order valence-electron chi connectivity index (χ3n) is 6.29. The molecule has 4 aromatic rings. The average Bonchev–Trinajstić information content (AvgIpc) is 3.45. The molecule has 0 saturated carbocycles. The van der Waals surface area contributed by atoms with Gasteiger partial charge in [-0.1, -0.05) is 23.7 Å². The van der Waals surface area contributed by atoms with Crippen molar-refractivity contribution in [3.05, 3.63) is 72.0 Å². The monoisotopic (exact) mass is 520 g/mol. The topological polar surface area (TPSA) is 110 Å². The van der Waals surface area contributed by atoms with E-state index in [1.165, 1.54) is 24.2 Å². The Kier molecular flexibility index (Phi) is 6.66. The van der Waals surface area contributed by atoms with Crippen molar-refractivity contribution in [2.75, 3.05) is 11.9 Å². The fraction of sp³-hybridized carbons (Fsp3) is 0.231. The summed E-state index contributed by atoms with van der Waals surface area (Å²) in [4.78, 5) is 51.8. The Morgan fingerprint density at radius 3 is 2.70 bits per heavy atom. The van der Waals surface area contributed by atoms with E-state index in [4.69, 9.17) is 11.6 Å². The van der Waals surface area contributed by atoms with Gasteiger partial charge in [0.2, 0.25) is 11.8 Å². The first kappa shape index (κ1) is 24.5. The second kappa shape index (κ2) is 10.1. The molecule has 188 valence electrons. The summed E-state index contributed by atoms with van der Waals surface area (Å²) in [6.45, 7) is 1.09. The minimum Gasteiger partial charge on any atom is -0.337 e. The molecule has 11 heteroatoms. The number of halogens is 2. The summed E-state index contributed by atoms with van der Waals surface area (Å²) >= 11 is 5.82. The molecule has 2 amide bonds. The second-order valence-electron chi connectivity index (χ2n) is 8.81. The molecule has 1 saturated heterocycles. The summed E-state index contributed by atoms with van der Waals surface area (Å²) in [5.74, 6) is -1.06. The molecule has 0 aliphatic carbocycles. The zero-order chi connectivity index (χ0) is 26.1. The second-order valence-corrected chi connectivity index (χ2v) is 9.20. The van der Waals surface area contributed by atoms with E-state index in [1.54, 1.807) is 23.2 Å². The molecule has 0 spiro atoms. The number of hydrogen-bond acceptors (Lipinski definition) is 6. The van der Waals surface area contributed by atoms with E-state index in [0.29, 0.717) is 16.5 Å². The lowest BCUT2D eigenvalue weighted by Gasteiger charge is -2.24. The number of alkyl halides is 1. The van der Waals surface area contributed by atoms with Crippen LogP contribution >= 0.6 is 11.6 Å². The summed E-state index contributed by atoms with van der Waals surface area (Å²) < 4.78 is 16.0. The molecule has 1 fully saturated rings. The average molecular weight is 521 g/mol. The van der Waals surface area contributed by atoms with Crippen LogP contribution in [0.2, 0.25) is 5.15 Å². The van der Waals surface area contributed by atoms with Gasteiger partial charge in [-0.3, -0.25) is 24.4 Å². The quantitative estimate of drug-likeness (QED) is 0.386. The van der Waals surface area contributed by atoms with Crippen LogP contribution in [-0.4, -0.2) is 60.8 Å². The fourth-order valence-corrected chi connectivity index (χ4v) is 4.73. The van der Waals surface area contributed by atoms with Gasteiger partial charge in [0.05, 0.1) is 18.9 Å².